The predicted molar refractivity (Wildman–Crippen MR) is 97.3 cm³/mol. The fourth-order valence-corrected chi connectivity index (χ4v) is 3.47. The zero-order valence-electron chi connectivity index (χ0n) is 15.1. The van der Waals surface area contributed by atoms with Gasteiger partial charge in [-0.05, 0) is 57.1 Å². The smallest absolute Gasteiger partial charge is 0.352 e. The van der Waals surface area contributed by atoms with Crippen molar-refractivity contribution in [2.24, 2.45) is 0 Å². The lowest BCUT2D eigenvalue weighted by Crippen LogP contribution is -2.31. The molecule has 1 saturated heterocycles. The molecule has 1 aromatic heterocycles. The molecule has 7 heteroatoms. The quantitative estimate of drug-likeness (QED) is 0.857. The summed E-state index contributed by atoms with van der Waals surface area (Å²) in [5, 5.41) is 2.86. The van der Waals surface area contributed by atoms with Gasteiger partial charge >= 0.3 is 6.18 Å². The first-order valence-electron chi connectivity index (χ1n) is 8.97. The van der Waals surface area contributed by atoms with Crippen molar-refractivity contribution in [1.29, 1.82) is 0 Å². The Labute approximate surface area is 156 Å². The van der Waals surface area contributed by atoms with Crippen LogP contribution in [0.3, 0.4) is 0 Å². The molecule has 1 aliphatic rings. The normalized spacial score (nSPS) is 17.9. The molecule has 1 amide bonds. The van der Waals surface area contributed by atoms with E-state index in [0.29, 0.717) is 18.2 Å². The highest BCUT2D eigenvalue weighted by Gasteiger charge is 2.34. The van der Waals surface area contributed by atoms with E-state index < -0.39 is 11.7 Å². The summed E-state index contributed by atoms with van der Waals surface area (Å²) < 4.78 is 39.6. The third-order valence-electron chi connectivity index (χ3n) is 4.95. The molecular formula is C20H22F3N3O. The minimum atomic E-state index is -4.50. The number of hydrogen-bond donors (Lipinski definition) is 1. The SMILES string of the molecule is CN1CCC[C@H]1CCNC(=O)c1cccc(-c2ncccc2C(F)(F)F)c1. The van der Waals surface area contributed by atoms with E-state index in [4.69, 9.17) is 0 Å². The van der Waals surface area contributed by atoms with Gasteiger partial charge in [0.2, 0.25) is 0 Å². The number of alkyl halides is 3. The molecule has 1 aromatic carbocycles. The summed E-state index contributed by atoms with van der Waals surface area (Å²) in [6.07, 6.45) is -0.0322. The molecule has 0 aliphatic carbocycles. The molecule has 0 bridgehead atoms. The number of hydrogen-bond acceptors (Lipinski definition) is 3. The van der Waals surface area contributed by atoms with Gasteiger partial charge in [-0.1, -0.05) is 12.1 Å². The van der Waals surface area contributed by atoms with Crippen molar-refractivity contribution < 1.29 is 18.0 Å². The number of amides is 1. The highest BCUT2D eigenvalue weighted by Crippen LogP contribution is 2.35. The summed E-state index contributed by atoms with van der Waals surface area (Å²) in [5.74, 6) is -0.290. The molecule has 1 aliphatic heterocycles. The van der Waals surface area contributed by atoms with Crippen molar-refractivity contribution in [3.05, 3.63) is 53.7 Å². The molecule has 0 saturated carbocycles. The number of nitrogens with one attached hydrogen (secondary N) is 1. The fourth-order valence-electron chi connectivity index (χ4n) is 3.47. The predicted octanol–water partition coefficient (Wildman–Crippen LogP) is 3.98. The van der Waals surface area contributed by atoms with Crippen LogP contribution in [0.5, 0.6) is 0 Å². The zero-order chi connectivity index (χ0) is 19.4. The van der Waals surface area contributed by atoms with E-state index in [-0.39, 0.29) is 17.2 Å². The van der Waals surface area contributed by atoms with Crippen LogP contribution in [0.15, 0.2) is 42.6 Å². The van der Waals surface area contributed by atoms with Crippen molar-refractivity contribution in [2.45, 2.75) is 31.5 Å². The number of nitrogens with zero attached hydrogens (tertiary/aromatic N) is 2. The Bertz CT molecular complexity index is 807. The maximum absolute atomic E-state index is 13.2. The Morgan fingerprint density at radius 3 is 2.81 bits per heavy atom. The molecule has 4 nitrogen and oxygen atoms in total. The standard InChI is InChI=1S/C20H22F3N3O/c1-26-12-4-7-16(26)9-11-25-19(27)15-6-2-5-14(13-15)18-17(20(21,22)23)8-3-10-24-18/h2-3,5-6,8,10,13,16H,4,7,9,11-12H2,1H3,(H,25,27)/t16-/m0/s1. The first kappa shape index (κ1) is 19.4. The molecule has 1 atom stereocenters. The monoisotopic (exact) mass is 377 g/mol. The largest absolute Gasteiger partial charge is 0.418 e. The number of carbonyl (C=O) groups excluding carboxylic acids is 1. The third kappa shape index (κ3) is 4.66. The lowest BCUT2D eigenvalue weighted by atomic mass is 10.0. The van der Waals surface area contributed by atoms with Crippen molar-refractivity contribution in [1.82, 2.24) is 15.2 Å². The molecule has 0 spiro atoms. The number of rotatable bonds is 5. The van der Waals surface area contributed by atoms with Gasteiger partial charge < -0.3 is 10.2 Å². The Morgan fingerprint density at radius 2 is 2.11 bits per heavy atom. The molecule has 0 radical (unpaired) electrons. The van der Waals surface area contributed by atoms with E-state index in [0.717, 1.165) is 25.5 Å². The molecule has 1 N–H and O–H groups in total. The van der Waals surface area contributed by atoms with Gasteiger partial charge in [0, 0.05) is 29.9 Å². The number of carbonyl (C=O) groups is 1. The van der Waals surface area contributed by atoms with Gasteiger partial charge in [0.15, 0.2) is 0 Å². The summed E-state index contributed by atoms with van der Waals surface area (Å²) in [7, 11) is 2.08. The highest BCUT2D eigenvalue weighted by molar-refractivity contribution is 5.95. The van der Waals surface area contributed by atoms with Crippen molar-refractivity contribution in [2.75, 3.05) is 20.1 Å². The van der Waals surface area contributed by atoms with E-state index >= 15 is 0 Å². The molecule has 3 rings (SSSR count). The van der Waals surface area contributed by atoms with Gasteiger partial charge in [-0.15, -0.1) is 0 Å². The van der Waals surface area contributed by atoms with Gasteiger partial charge in [-0.3, -0.25) is 9.78 Å². The van der Waals surface area contributed by atoms with Gasteiger partial charge in [-0.25, -0.2) is 0 Å². The Kier molecular flexibility index (Phi) is 5.79. The second-order valence-electron chi connectivity index (χ2n) is 6.80. The van der Waals surface area contributed by atoms with Crippen molar-refractivity contribution in [3.63, 3.8) is 0 Å². The fraction of sp³-hybridized carbons (Fsp3) is 0.400. The van der Waals surface area contributed by atoms with Crippen molar-refractivity contribution in [3.8, 4) is 11.3 Å². The van der Waals surface area contributed by atoms with Gasteiger partial charge in [-0.2, -0.15) is 13.2 Å². The minimum absolute atomic E-state index is 0.174. The molecule has 2 aromatic rings. The highest BCUT2D eigenvalue weighted by atomic mass is 19.4. The number of aromatic nitrogens is 1. The zero-order valence-corrected chi connectivity index (χ0v) is 15.1. The lowest BCUT2D eigenvalue weighted by molar-refractivity contribution is -0.137. The summed E-state index contributed by atoms with van der Waals surface area (Å²) in [6, 6.07) is 8.87. The Hall–Kier alpha value is -2.41. The molecule has 27 heavy (non-hydrogen) atoms. The van der Waals surface area contributed by atoms with Crippen LogP contribution in [-0.4, -0.2) is 42.0 Å². The maximum Gasteiger partial charge on any atom is 0.418 e. The molecule has 144 valence electrons. The van der Waals surface area contributed by atoms with Crippen LogP contribution >= 0.6 is 0 Å². The Morgan fingerprint density at radius 1 is 1.30 bits per heavy atom. The van der Waals surface area contributed by atoms with Crippen LogP contribution in [0.1, 0.15) is 35.2 Å². The topological polar surface area (TPSA) is 45.2 Å². The van der Waals surface area contributed by atoms with E-state index in [1.165, 1.54) is 30.8 Å². The van der Waals surface area contributed by atoms with Crippen LogP contribution in [0.4, 0.5) is 13.2 Å². The van der Waals surface area contributed by atoms with Crippen LogP contribution in [0.25, 0.3) is 11.3 Å². The number of halogens is 3. The average molecular weight is 377 g/mol. The molecule has 0 unspecified atom stereocenters. The first-order chi connectivity index (χ1) is 12.9. The van der Waals surface area contributed by atoms with Gasteiger partial charge in [0.05, 0.1) is 11.3 Å². The summed E-state index contributed by atoms with van der Waals surface area (Å²) >= 11 is 0. The van der Waals surface area contributed by atoms with Gasteiger partial charge in [0.1, 0.15) is 0 Å². The van der Waals surface area contributed by atoms with Crippen molar-refractivity contribution >= 4 is 5.91 Å². The second kappa shape index (κ2) is 8.08. The van der Waals surface area contributed by atoms with Crippen LogP contribution in [0.2, 0.25) is 0 Å². The number of pyridine rings is 1. The van der Waals surface area contributed by atoms with Crippen LogP contribution in [0, 0.1) is 0 Å². The van der Waals surface area contributed by atoms with E-state index in [1.54, 1.807) is 12.1 Å². The summed E-state index contributed by atoms with van der Waals surface area (Å²) in [5.41, 5.74) is -0.392. The second-order valence-corrected chi connectivity index (χ2v) is 6.80. The van der Waals surface area contributed by atoms with E-state index in [2.05, 4.69) is 22.2 Å². The number of benzene rings is 1. The minimum Gasteiger partial charge on any atom is -0.352 e. The lowest BCUT2D eigenvalue weighted by Gasteiger charge is -2.19. The average Bonchev–Trinajstić information content (AvgIpc) is 3.06. The molecule has 2 heterocycles. The van der Waals surface area contributed by atoms with Crippen LogP contribution < -0.4 is 5.32 Å². The van der Waals surface area contributed by atoms with E-state index in [1.807, 2.05) is 0 Å². The molecule has 1 fully saturated rings. The Balaban J connectivity index is 1.71. The summed E-state index contributed by atoms with van der Waals surface area (Å²) in [6.45, 7) is 1.61. The summed E-state index contributed by atoms with van der Waals surface area (Å²) in [4.78, 5) is 18.6. The maximum atomic E-state index is 13.2. The molecular weight excluding hydrogens is 355 g/mol. The van der Waals surface area contributed by atoms with E-state index in [9.17, 15) is 18.0 Å². The van der Waals surface area contributed by atoms with Crippen LogP contribution in [-0.2, 0) is 6.18 Å². The van der Waals surface area contributed by atoms with Gasteiger partial charge in [0.25, 0.3) is 5.91 Å². The first-order valence-corrected chi connectivity index (χ1v) is 8.97. The third-order valence-corrected chi connectivity index (χ3v) is 4.95. The number of likely N-dealkylation sites (tertiary alicyclic amines) is 1.